The molecule has 1 aromatic heterocycles. The van der Waals surface area contributed by atoms with Crippen molar-refractivity contribution in [3.8, 4) is 0 Å². The van der Waals surface area contributed by atoms with E-state index >= 15 is 0 Å². The maximum Gasteiger partial charge on any atom is 4.00 e. The molecule has 3 aromatic rings. The molecule has 1 saturated carbocycles. The Hall–Kier alpha value is -0.986. The van der Waals surface area contributed by atoms with Gasteiger partial charge >= 0.3 is 21.7 Å². The summed E-state index contributed by atoms with van der Waals surface area (Å²) in [6.45, 7) is 6.62. The molecule has 2 aliphatic carbocycles. The summed E-state index contributed by atoms with van der Waals surface area (Å²) in [5, 5.41) is 1.29. The van der Waals surface area contributed by atoms with Crippen molar-refractivity contribution in [1.29, 1.82) is 0 Å². The summed E-state index contributed by atoms with van der Waals surface area (Å²) in [6.07, 6.45) is 9.30. The standard InChI is InChI=1S/C12H14N.C11H9.2ClH.Ti/c1-12(2,3)10-8-13-11-7-5-4-6-9(10)11;1-2-4-10-8(3-1)7-9-5-6-11(9)10;;;/h4-7,13H,1-3H3;1-4,11H,5-6H2;2*1H;/q2*-1;;;+4/p-2. The number of para-hydroxylation sites is 1. The van der Waals surface area contributed by atoms with Crippen molar-refractivity contribution in [2.24, 2.45) is 0 Å². The van der Waals surface area contributed by atoms with Crippen LogP contribution in [0.3, 0.4) is 0 Å². The van der Waals surface area contributed by atoms with Crippen molar-refractivity contribution in [2.75, 3.05) is 0 Å². The van der Waals surface area contributed by atoms with Crippen LogP contribution in [0.25, 0.3) is 10.9 Å². The Morgan fingerprint density at radius 1 is 0.963 bits per heavy atom. The van der Waals surface area contributed by atoms with Crippen LogP contribution < -0.4 is 24.8 Å². The van der Waals surface area contributed by atoms with Crippen LogP contribution in [0.15, 0.2) is 54.1 Å². The van der Waals surface area contributed by atoms with Crippen LogP contribution in [0.2, 0.25) is 0 Å². The molecule has 0 amide bonds. The zero-order valence-electron chi connectivity index (χ0n) is 15.9. The number of aromatic amines is 1. The van der Waals surface area contributed by atoms with Crippen LogP contribution in [-0.2, 0) is 27.1 Å². The molecule has 138 valence electrons. The summed E-state index contributed by atoms with van der Waals surface area (Å²) in [5.74, 6) is 0.756. The Labute approximate surface area is 189 Å². The first-order chi connectivity index (χ1) is 11.5. The third-order valence-electron chi connectivity index (χ3n) is 5.02. The second-order valence-electron chi connectivity index (χ2n) is 7.75. The Bertz CT molecular complexity index is 921. The Kier molecular flexibility index (Phi) is 8.44. The van der Waals surface area contributed by atoms with E-state index in [-0.39, 0.29) is 51.9 Å². The number of nitrogens with one attached hydrogen (secondary N) is 1. The number of rotatable bonds is 0. The smallest absolute Gasteiger partial charge is 1.00 e. The van der Waals surface area contributed by atoms with Gasteiger partial charge in [0.25, 0.3) is 0 Å². The molecule has 0 radical (unpaired) electrons. The summed E-state index contributed by atoms with van der Waals surface area (Å²) in [6, 6.07) is 17.0. The van der Waals surface area contributed by atoms with Crippen LogP contribution >= 0.6 is 0 Å². The minimum Gasteiger partial charge on any atom is -1.00 e. The molecule has 27 heavy (non-hydrogen) atoms. The predicted octanol–water partition coefficient (Wildman–Crippen LogP) is -0.0736. The average Bonchev–Trinajstić information content (AvgIpc) is 3.07. The molecule has 1 atom stereocenters. The zero-order valence-corrected chi connectivity index (χ0v) is 18.9. The number of halogens is 2. The molecule has 1 unspecified atom stereocenters. The number of hydrogen-bond donors (Lipinski definition) is 1. The Morgan fingerprint density at radius 2 is 1.63 bits per heavy atom. The van der Waals surface area contributed by atoms with E-state index in [1.165, 1.54) is 46.0 Å². The molecule has 0 saturated heterocycles. The van der Waals surface area contributed by atoms with E-state index in [2.05, 4.69) is 80.5 Å². The fourth-order valence-electron chi connectivity index (χ4n) is 3.61. The normalized spacial score (nSPS) is 16.1. The third kappa shape index (κ3) is 4.71. The Balaban J connectivity index is 0.000000245. The zero-order chi connectivity index (χ0) is 16.7. The number of hydrogen-bond acceptors (Lipinski definition) is 0. The molecular formula is C23H23Cl2NTi. The van der Waals surface area contributed by atoms with Crippen molar-refractivity contribution < 1.29 is 46.5 Å². The molecule has 4 heteroatoms. The number of benzene rings is 2. The second kappa shape index (κ2) is 9.48. The third-order valence-corrected chi connectivity index (χ3v) is 5.02. The van der Waals surface area contributed by atoms with Crippen molar-refractivity contribution in [3.63, 3.8) is 0 Å². The van der Waals surface area contributed by atoms with E-state index < -0.39 is 0 Å². The van der Waals surface area contributed by atoms with Gasteiger partial charge in [0.2, 0.25) is 0 Å². The fourth-order valence-corrected chi connectivity index (χ4v) is 3.61. The minimum atomic E-state index is 0. The van der Waals surface area contributed by atoms with Gasteiger partial charge in [-0.3, -0.25) is 0 Å². The Morgan fingerprint density at radius 3 is 2.30 bits per heavy atom. The summed E-state index contributed by atoms with van der Waals surface area (Å²) in [7, 11) is 0. The first kappa shape index (κ1) is 24.1. The maximum atomic E-state index is 3.45. The molecular weight excluding hydrogens is 409 g/mol. The van der Waals surface area contributed by atoms with Crippen molar-refractivity contribution in [1.82, 2.24) is 4.98 Å². The summed E-state index contributed by atoms with van der Waals surface area (Å²) < 4.78 is 0. The van der Waals surface area contributed by atoms with Gasteiger partial charge in [-0.05, 0) is 11.8 Å². The fraction of sp³-hybridized carbons (Fsp3) is 0.304. The van der Waals surface area contributed by atoms with E-state index in [0.29, 0.717) is 0 Å². The summed E-state index contributed by atoms with van der Waals surface area (Å²) in [5.41, 5.74) is 6.99. The summed E-state index contributed by atoms with van der Waals surface area (Å²) in [4.78, 5) is 3.17. The SMILES string of the molecule is CC(C)(C)c1[c-][nH]c2ccccc12.[C-]1=C2CCC2c2ccccc21.[Cl-].[Cl-].[Ti+4]. The molecule has 5 rings (SSSR count). The topological polar surface area (TPSA) is 15.8 Å². The number of H-pyrrole nitrogens is 1. The summed E-state index contributed by atoms with van der Waals surface area (Å²) >= 11 is 0. The van der Waals surface area contributed by atoms with E-state index in [1.54, 1.807) is 0 Å². The van der Waals surface area contributed by atoms with Crippen LogP contribution in [0.5, 0.6) is 0 Å². The molecule has 0 aliphatic heterocycles. The van der Waals surface area contributed by atoms with Gasteiger partial charge in [0.15, 0.2) is 0 Å². The number of allylic oxidation sites excluding steroid dienone is 1. The number of fused-ring (bicyclic) bond motifs is 4. The van der Waals surface area contributed by atoms with E-state index in [4.69, 9.17) is 0 Å². The first-order valence-corrected chi connectivity index (χ1v) is 8.74. The van der Waals surface area contributed by atoms with Crippen molar-refractivity contribution in [2.45, 2.75) is 44.9 Å². The van der Waals surface area contributed by atoms with Gasteiger partial charge in [0, 0.05) is 0 Å². The van der Waals surface area contributed by atoms with Crippen molar-refractivity contribution >= 4 is 10.9 Å². The van der Waals surface area contributed by atoms with Gasteiger partial charge in [-0.25, -0.2) is 0 Å². The minimum absolute atomic E-state index is 0. The molecule has 2 aliphatic rings. The molecule has 1 N–H and O–H groups in total. The maximum absolute atomic E-state index is 3.45. The quantitative estimate of drug-likeness (QED) is 0.378. The van der Waals surface area contributed by atoms with E-state index in [1.807, 2.05) is 6.07 Å². The second-order valence-corrected chi connectivity index (χ2v) is 7.75. The van der Waals surface area contributed by atoms with E-state index in [9.17, 15) is 0 Å². The van der Waals surface area contributed by atoms with Crippen LogP contribution in [0, 0.1) is 12.3 Å². The van der Waals surface area contributed by atoms with Gasteiger partial charge in [-0.1, -0.05) is 51.3 Å². The van der Waals surface area contributed by atoms with Gasteiger partial charge in [-0.2, -0.15) is 23.1 Å². The van der Waals surface area contributed by atoms with E-state index in [0.717, 1.165) is 5.92 Å². The van der Waals surface area contributed by atoms with Gasteiger partial charge in [0.1, 0.15) is 0 Å². The van der Waals surface area contributed by atoms with Crippen molar-refractivity contribution in [3.05, 3.63) is 83.1 Å². The van der Waals surface area contributed by atoms with Gasteiger partial charge in [-0.15, -0.1) is 52.7 Å². The molecule has 1 heterocycles. The first-order valence-electron chi connectivity index (χ1n) is 8.74. The molecule has 2 aromatic carbocycles. The van der Waals surface area contributed by atoms with Gasteiger partial charge < -0.3 is 29.8 Å². The van der Waals surface area contributed by atoms with Crippen LogP contribution in [0.4, 0.5) is 0 Å². The number of aromatic nitrogens is 1. The predicted molar refractivity (Wildman–Crippen MR) is 100 cm³/mol. The molecule has 1 nitrogen and oxygen atoms in total. The average molecular weight is 432 g/mol. The van der Waals surface area contributed by atoms with Crippen LogP contribution in [-0.4, -0.2) is 4.98 Å². The molecule has 0 bridgehead atoms. The molecule has 1 fully saturated rings. The largest absolute Gasteiger partial charge is 4.00 e. The van der Waals surface area contributed by atoms with Crippen LogP contribution in [0.1, 0.15) is 56.2 Å². The van der Waals surface area contributed by atoms with Gasteiger partial charge in [0.05, 0.1) is 0 Å². The monoisotopic (exact) mass is 431 g/mol. The molecule has 0 spiro atoms.